The average Bonchev–Trinajstić information content (AvgIpc) is 3.13. The van der Waals surface area contributed by atoms with Gasteiger partial charge in [0, 0.05) is 18.1 Å². The number of rotatable bonds is 3. The standard InChI is InChI=1S/C18H13ClFN3O4/c19-11-5-14-15(26-8-17(24)21-14)7-13(11)22-18(25)16-6-12(23-27-16)9-2-1-3-10(20)4-9/h1-5,7,16H,6,8H2,(H,21,24)(H,22,25). The predicted molar refractivity (Wildman–Crippen MR) is 96.6 cm³/mol. The minimum absolute atomic E-state index is 0.113. The first kappa shape index (κ1) is 17.3. The summed E-state index contributed by atoms with van der Waals surface area (Å²) < 4.78 is 18.7. The van der Waals surface area contributed by atoms with Gasteiger partial charge in [0.05, 0.1) is 22.1 Å². The van der Waals surface area contributed by atoms with Crippen LogP contribution in [0.4, 0.5) is 15.8 Å². The van der Waals surface area contributed by atoms with Crippen LogP contribution in [0.1, 0.15) is 12.0 Å². The summed E-state index contributed by atoms with van der Waals surface area (Å²) in [6.45, 7) is -0.113. The molecule has 0 saturated carbocycles. The maximum atomic E-state index is 13.3. The Hall–Kier alpha value is -3.13. The third kappa shape index (κ3) is 3.56. The van der Waals surface area contributed by atoms with Gasteiger partial charge < -0.3 is 20.2 Å². The van der Waals surface area contributed by atoms with Crippen LogP contribution in [0.25, 0.3) is 0 Å². The van der Waals surface area contributed by atoms with Crippen LogP contribution < -0.4 is 15.4 Å². The first-order valence-corrected chi connectivity index (χ1v) is 8.43. The summed E-state index contributed by atoms with van der Waals surface area (Å²) in [6.07, 6.45) is -0.666. The highest BCUT2D eigenvalue weighted by atomic mass is 35.5. The lowest BCUT2D eigenvalue weighted by molar-refractivity contribution is -0.125. The van der Waals surface area contributed by atoms with Crippen molar-refractivity contribution in [1.82, 2.24) is 0 Å². The number of nitrogens with zero attached hydrogens (tertiary/aromatic N) is 1. The Kier molecular flexibility index (Phi) is 4.41. The van der Waals surface area contributed by atoms with Crippen molar-refractivity contribution in [3.63, 3.8) is 0 Å². The van der Waals surface area contributed by atoms with Crippen LogP contribution in [0.5, 0.6) is 5.75 Å². The molecule has 0 bridgehead atoms. The minimum atomic E-state index is -0.865. The largest absolute Gasteiger partial charge is 0.482 e. The zero-order chi connectivity index (χ0) is 19.0. The normalized spacial score (nSPS) is 17.9. The molecular weight excluding hydrogens is 377 g/mol. The summed E-state index contributed by atoms with van der Waals surface area (Å²) in [7, 11) is 0. The third-order valence-electron chi connectivity index (χ3n) is 4.08. The summed E-state index contributed by atoms with van der Waals surface area (Å²) in [4.78, 5) is 29.0. The number of ether oxygens (including phenoxy) is 1. The van der Waals surface area contributed by atoms with E-state index in [2.05, 4.69) is 15.8 Å². The summed E-state index contributed by atoms with van der Waals surface area (Å²) in [5.74, 6) is -0.724. The van der Waals surface area contributed by atoms with Gasteiger partial charge in [-0.1, -0.05) is 28.9 Å². The highest BCUT2D eigenvalue weighted by molar-refractivity contribution is 6.34. The van der Waals surface area contributed by atoms with Crippen molar-refractivity contribution in [2.45, 2.75) is 12.5 Å². The molecule has 0 saturated heterocycles. The van der Waals surface area contributed by atoms with Gasteiger partial charge in [-0.25, -0.2) is 4.39 Å². The Bertz CT molecular complexity index is 979. The lowest BCUT2D eigenvalue weighted by Crippen LogP contribution is -2.29. The molecule has 0 spiro atoms. The molecule has 2 aliphatic rings. The average molecular weight is 390 g/mol. The van der Waals surface area contributed by atoms with E-state index in [1.165, 1.54) is 24.3 Å². The zero-order valence-corrected chi connectivity index (χ0v) is 14.5. The van der Waals surface area contributed by atoms with Crippen molar-refractivity contribution in [3.8, 4) is 5.75 Å². The lowest BCUT2D eigenvalue weighted by Gasteiger charge is -2.20. The molecule has 9 heteroatoms. The van der Waals surface area contributed by atoms with Gasteiger partial charge in [-0.05, 0) is 18.2 Å². The molecule has 1 unspecified atom stereocenters. The Morgan fingerprint density at radius 1 is 1.33 bits per heavy atom. The van der Waals surface area contributed by atoms with Crippen molar-refractivity contribution in [2.24, 2.45) is 5.16 Å². The Labute approximate surface area is 158 Å². The van der Waals surface area contributed by atoms with Crippen LogP contribution in [0.2, 0.25) is 5.02 Å². The van der Waals surface area contributed by atoms with Gasteiger partial charge in [0.25, 0.3) is 11.8 Å². The summed E-state index contributed by atoms with van der Waals surface area (Å²) in [6, 6.07) is 8.93. The molecule has 1 atom stereocenters. The first-order chi connectivity index (χ1) is 13.0. The molecule has 27 heavy (non-hydrogen) atoms. The number of hydrogen-bond donors (Lipinski definition) is 2. The molecule has 2 aliphatic heterocycles. The second kappa shape index (κ2) is 6.88. The molecule has 0 aliphatic carbocycles. The molecule has 0 radical (unpaired) electrons. The quantitative estimate of drug-likeness (QED) is 0.844. The van der Waals surface area contributed by atoms with Crippen LogP contribution in [-0.2, 0) is 14.4 Å². The zero-order valence-electron chi connectivity index (χ0n) is 13.8. The Morgan fingerprint density at radius 2 is 2.19 bits per heavy atom. The molecule has 2 amide bonds. The van der Waals surface area contributed by atoms with Crippen LogP contribution in [0, 0.1) is 5.82 Å². The predicted octanol–water partition coefficient (Wildman–Crippen LogP) is 2.94. The number of anilines is 2. The van der Waals surface area contributed by atoms with Crippen molar-refractivity contribution >= 4 is 40.5 Å². The summed E-state index contributed by atoms with van der Waals surface area (Å²) in [5.41, 5.74) is 1.79. The summed E-state index contributed by atoms with van der Waals surface area (Å²) in [5, 5.41) is 9.40. The SMILES string of the molecule is O=C1COc2cc(NC(=O)C3CC(c4cccc(F)c4)=NO3)c(Cl)cc2N1. The van der Waals surface area contributed by atoms with Gasteiger partial charge >= 0.3 is 0 Å². The molecule has 2 N–H and O–H groups in total. The minimum Gasteiger partial charge on any atom is -0.482 e. The van der Waals surface area contributed by atoms with Gasteiger partial charge in [0.2, 0.25) is 6.10 Å². The number of carbonyl (C=O) groups is 2. The number of halogens is 2. The van der Waals surface area contributed by atoms with Gasteiger partial charge in [-0.15, -0.1) is 0 Å². The first-order valence-electron chi connectivity index (χ1n) is 8.05. The molecule has 7 nitrogen and oxygen atoms in total. The fourth-order valence-electron chi connectivity index (χ4n) is 2.77. The van der Waals surface area contributed by atoms with E-state index in [0.29, 0.717) is 28.4 Å². The second-order valence-electron chi connectivity index (χ2n) is 6.00. The number of nitrogens with one attached hydrogen (secondary N) is 2. The van der Waals surface area contributed by atoms with Gasteiger partial charge in [0.15, 0.2) is 6.61 Å². The van der Waals surface area contributed by atoms with E-state index in [-0.39, 0.29) is 24.0 Å². The van der Waals surface area contributed by atoms with Crippen molar-refractivity contribution < 1.29 is 23.6 Å². The maximum absolute atomic E-state index is 13.3. The number of carbonyl (C=O) groups excluding carboxylic acids is 2. The van der Waals surface area contributed by atoms with Gasteiger partial charge in [-0.3, -0.25) is 9.59 Å². The topological polar surface area (TPSA) is 89.0 Å². The molecule has 2 heterocycles. The molecule has 0 aromatic heterocycles. The number of oxime groups is 1. The van der Waals surface area contributed by atoms with E-state index in [9.17, 15) is 14.0 Å². The summed E-state index contributed by atoms with van der Waals surface area (Å²) >= 11 is 6.17. The van der Waals surface area contributed by atoms with Crippen LogP contribution in [0.15, 0.2) is 41.6 Å². The third-order valence-corrected chi connectivity index (χ3v) is 4.39. The maximum Gasteiger partial charge on any atom is 0.268 e. The van der Waals surface area contributed by atoms with Crippen LogP contribution in [-0.4, -0.2) is 30.2 Å². The fraction of sp³-hybridized carbons (Fsp3) is 0.167. The van der Waals surface area contributed by atoms with E-state index in [1.54, 1.807) is 12.1 Å². The Balaban J connectivity index is 1.45. The van der Waals surface area contributed by atoms with E-state index in [0.717, 1.165) is 0 Å². The van der Waals surface area contributed by atoms with Gasteiger partial charge in [0.1, 0.15) is 11.6 Å². The smallest absolute Gasteiger partial charge is 0.268 e. The van der Waals surface area contributed by atoms with E-state index < -0.39 is 17.8 Å². The monoisotopic (exact) mass is 389 g/mol. The van der Waals surface area contributed by atoms with Gasteiger partial charge in [-0.2, -0.15) is 0 Å². The van der Waals surface area contributed by atoms with Crippen molar-refractivity contribution in [2.75, 3.05) is 17.2 Å². The van der Waals surface area contributed by atoms with Crippen molar-refractivity contribution in [1.29, 1.82) is 0 Å². The van der Waals surface area contributed by atoms with Crippen molar-refractivity contribution in [3.05, 3.63) is 52.8 Å². The highest BCUT2D eigenvalue weighted by Crippen LogP contribution is 2.36. The van der Waals surface area contributed by atoms with E-state index in [4.69, 9.17) is 21.2 Å². The molecule has 0 fully saturated rings. The Morgan fingerprint density at radius 3 is 3.00 bits per heavy atom. The number of hydrogen-bond acceptors (Lipinski definition) is 5. The van der Waals surface area contributed by atoms with E-state index >= 15 is 0 Å². The van der Waals surface area contributed by atoms with E-state index in [1.807, 2.05) is 0 Å². The molecular formula is C18H13ClFN3O4. The fourth-order valence-corrected chi connectivity index (χ4v) is 2.98. The molecule has 2 aromatic carbocycles. The van der Waals surface area contributed by atoms with Crippen LogP contribution >= 0.6 is 11.6 Å². The molecule has 4 rings (SSSR count). The number of benzene rings is 2. The lowest BCUT2D eigenvalue weighted by atomic mass is 10.0. The highest BCUT2D eigenvalue weighted by Gasteiger charge is 2.30. The second-order valence-corrected chi connectivity index (χ2v) is 6.41. The number of fused-ring (bicyclic) bond motifs is 1. The molecule has 2 aromatic rings. The molecule has 138 valence electrons. The van der Waals surface area contributed by atoms with Crippen LogP contribution in [0.3, 0.4) is 0 Å². The number of amides is 2.